The van der Waals surface area contributed by atoms with Crippen LogP contribution in [-0.4, -0.2) is 38.6 Å². The van der Waals surface area contributed by atoms with Crippen LogP contribution >= 0.6 is 22.6 Å². The van der Waals surface area contributed by atoms with Gasteiger partial charge in [0.25, 0.3) is 0 Å². The van der Waals surface area contributed by atoms with Crippen molar-refractivity contribution in [3.8, 4) is 0 Å². The van der Waals surface area contributed by atoms with E-state index in [0.29, 0.717) is 3.57 Å². The van der Waals surface area contributed by atoms with Crippen molar-refractivity contribution in [3.63, 3.8) is 0 Å². The molecule has 7 nitrogen and oxygen atoms in total. The zero-order valence-electron chi connectivity index (χ0n) is 8.78. The molecule has 0 aromatic carbocycles. The van der Waals surface area contributed by atoms with Crippen LogP contribution in [0, 0.1) is 3.57 Å². The normalized spacial score (nSPS) is 28.5. The number of nitrogens with two attached hydrogens (primary N) is 1. The molecular formula is C9H12IN3O4. The van der Waals surface area contributed by atoms with Crippen molar-refractivity contribution in [2.45, 2.75) is 24.9 Å². The minimum Gasteiger partial charge on any atom is -0.394 e. The molecule has 3 atom stereocenters. The summed E-state index contributed by atoms with van der Waals surface area (Å²) in [5.41, 5.74) is 4.98. The second kappa shape index (κ2) is 4.88. The zero-order valence-corrected chi connectivity index (χ0v) is 10.9. The van der Waals surface area contributed by atoms with Gasteiger partial charge in [-0.25, -0.2) is 4.79 Å². The van der Waals surface area contributed by atoms with Gasteiger partial charge in [-0.05, 0) is 22.6 Å². The summed E-state index contributed by atoms with van der Waals surface area (Å²) in [6.45, 7) is -0.286. The number of hydrogen-bond acceptors (Lipinski definition) is 6. The Labute approximate surface area is 110 Å². The van der Waals surface area contributed by atoms with Gasteiger partial charge in [0.05, 0.1) is 16.3 Å². The Morgan fingerprint density at radius 2 is 2.41 bits per heavy atom. The van der Waals surface area contributed by atoms with Crippen molar-refractivity contribution >= 4 is 28.4 Å². The first kappa shape index (κ1) is 12.7. The number of aliphatic hydroxyl groups is 2. The Hall–Kier alpha value is -0.710. The van der Waals surface area contributed by atoms with Gasteiger partial charge in [-0.2, -0.15) is 4.98 Å². The summed E-state index contributed by atoms with van der Waals surface area (Å²) in [6.07, 6.45) is -0.291. The second-order valence-electron chi connectivity index (χ2n) is 3.78. The Balaban J connectivity index is 2.30. The third kappa shape index (κ3) is 2.44. The average Bonchev–Trinajstić information content (AvgIpc) is 2.65. The SMILES string of the molecule is Nc1nc(=O)n([C@@H]2C[C@@H](O)[C@@H](CO)O2)cc1I. The average molecular weight is 353 g/mol. The molecule has 1 aromatic rings. The first-order valence-electron chi connectivity index (χ1n) is 5.01. The molecule has 1 aliphatic rings. The molecule has 0 bridgehead atoms. The van der Waals surface area contributed by atoms with E-state index in [-0.39, 0.29) is 18.8 Å². The lowest BCUT2D eigenvalue weighted by Gasteiger charge is -2.14. The molecule has 2 rings (SSSR count). The molecule has 17 heavy (non-hydrogen) atoms. The lowest BCUT2D eigenvalue weighted by molar-refractivity contribution is -0.0459. The first-order chi connectivity index (χ1) is 8.02. The monoisotopic (exact) mass is 353 g/mol. The molecule has 1 aromatic heterocycles. The molecule has 1 saturated heterocycles. The van der Waals surface area contributed by atoms with Gasteiger partial charge in [0, 0.05) is 12.6 Å². The van der Waals surface area contributed by atoms with Gasteiger partial charge in [0.1, 0.15) is 18.1 Å². The highest BCUT2D eigenvalue weighted by atomic mass is 127. The predicted octanol–water partition coefficient (Wildman–Crippen LogP) is -0.929. The van der Waals surface area contributed by atoms with E-state index in [1.807, 2.05) is 22.6 Å². The number of anilines is 1. The zero-order chi connectivity index (χ0) is 12.6. The molecule has 0 radical (unpaired) electrons. The van der Waals surface area contributed by atoms with Crippen molar-refractivity contribution in [1.29, 1.82) is 0 Å². The fraction of sp³-hybridized carbons (Fsp3) is 0.556. The molecule has 1 aliphatic heterocycles. The second-order valence-corrected chi connectivity index (χ2v) is 4.94. The van der Waals surface area contributed by atoms with Gasteiger partial charge >= 0.3 is 5.69 Å². The van der Waals surface area contributed by atoms with Crippen molar-refractivity contribution < 1.29 is 14.9 Å². The smallest absolute Gasteiger partial charge is 0.351 e. The number of hydrogen-bond donors (Lipinski definition) is 3. The van der Waals surface area contributed by atoms with Gasteiger partial charge in [-0.15, -0.1) is 0 Å². The standard InChI is InChI=1S/C9H12IN3O4/c10-4-2-13(9(16)12-8(4)11)7-1-5(15)6(3-14)17-7/h2,5-7,14-15H,1,3H2,(H2,11,12,16)/t5-,6-,7+/m1/s1. The van der Waals surface area contributed by atoms with Crippen LogP contribution in [0.3, 0.4) is 0 Å². The lowest BCUT2D eigenvalue weighted by Crippen LogP contribution is -2.28. The Bertz CT molecular complexity index is 478. The summed E-state index contributed by atoms with van der Waals surface area (Å²) in [6, 6.07) is 0. The van der Waals surface area contributed by atoms with Crippen LogP contribution in [0.25, 0.3) is 0 Å². The van der Waals surface area contributed by atoms with Crippen molar-refractivity contribution in [1.82, 2.24) is 9.55 Å². The van der Waals surface area contributed by atoms with Gasteiger partial charge in [-0.3, -0.25) is 4.57 Å². The van der Waals surface area contributed by atoms with E-state index in [1.165, 1.54) is 10.8 Å². The fourth-order valence-corrected chi connectivity index (χ4v) is 2.13. The van der Waals surface area contributed by atoms with Crippen molar-refractivity contribution in [2.24, 2.45) is 0 Å². The lowest BCUT2D eigenvalue weighted by atomic mass is 10.2. The first-order valence-corrected chi connectivity index (χ1v) is 6.09. The van der Waals surface area contributed by atoms with Crippen LogP contribution in [0.15, 0.2) is 11.0 Å². The maximum absolute atomic E-state index is 11.6. The van der Waals surface area contributed by atoms with E-state index in [9.17, 15) is 9.90 Å². The number of aromatic nitrogens is 2. The molecular weight excluding hydrogens is 341 g/mol. The summed E-state index contributed by atoms with van der Waals surface area (Å²) < 4.78 is 7.27. The van der Waals surface area contributed by atoms with E-state index in [1.54, 1.807) is 0 Å². The predicted molar refractivity (Wildman–Crippen MR) is 67.2 cm³/mol. The summed E-state index contributed by atoms with van der Waals surface area (Å²) in [4.78, 5) is 15.3. The molecule has 94 valence electrons. The molecule has 0 saturated carbocycles. The quantitative estimate of drug-likeness (QED) is 0.593. The maximum atomic E-state index is 11.6. The van der Waals surface area contributed by atoms with E-state index in [4.69, 9.17) is 15.6 Å². The van der Waals surface area contributed by atoms with Crippen molar-refractivity contribution in [3.05, 3.63) is 20.3 Å². The van der Waals surface area contributed by atoms with Gasteiger partial charge < -0.3 is 20.7 Å². The Kier molecular flexibility index (Phi) is 3.66. The molecule has 0 amide bonds. The van der Waals surface area contributed by atoms with Crippen molar-refractivity contribution in [2.75, 3.05) is 12.3 Å². The largest absolute Gasteiger partial charge is 0.394 e. The number of halogens is 1. The third-order valence-corrected chi connectivity index (χ3v) is 3.46. The van der Waals surface area contributed by atoms with Crippen LogP contribution in [0.2, 0.25) is 0 Å². The van der Waals surface area contributed by atoms with Crippen LogP contribution < -0.4 is 11.4 Å². The highest BCUT2D eigenvalue weighted by molar-refractivity contribution is 14.1. The number of ether oxygens (including phenoxy) is 1. The van der Waals surface area contributed by atoms with Crippen LogP contribution in [0.4, 0.5) is 5.82 Å². The summed E-state index contributed by atoms with van der Waals surface area (Å²) >= 11 is 1.96. The minimum atomic E-state index is -0.785. The maximum Gasteiger partial charge on any atom is 0.351 e. The summed E-state index contributed by atoms with van der Waals surface area (Å²) in [5.74, 6) is 0.170. The van der Waals surface area contributed by atoms with Gasteiger partial charge in [0.15, 0.2) is 0 Å². The number of nitrogens with zero attached hydrogens (tertiary/aromatic N) is 2. The molecule has 0 aliphatic carbocycles. The minimum absolute atomic E-state index is 0.170. The summed E-state index contributed by atoms with van der Waals surface area (Å²) in [5, 5.41) is 18.5. The Morgan fingerprint density at radius 1 is 1.71 bits per heavy atom. The van der Waals surface area contributed by atoms with Gasteiger partial charge in [0.2, 0.25) is 0 Å². The topological polar surface area (TPSA) is 111 Å². The van der Waals surface area contributed by atoms with Crippen LogP contribution in [-0.2, 0) is 4.74 Å². The van der Waals surface area contributed by atoms with E-state index in [0.717, 1.165) is 0 Å². The molecule has 4 N–H and O–H groups in total. The molecule has 2 heterocycles. The molecule has 0 spiro atoms. The molecule has 1 fully saturated rings. The van der Waals surface area contributed by atoms with Crippen LogP contribution in [0.1, 0.15) is 12.6 Å². The summed E-state index contributed by atoms with van der Waals surface area (Å²) in [7, 11) is 0. The highest BCUT2D eigenvalue weighted by Crippen LogP contribution is 2.27. The Morgan fingerprint density at radius 3 is 3.00 bits per heavy atom. The fourth-order valence-electron chi connectivity index (χ4n) is 1.71. The molecule has 0 unspecified atom stereocenters. The highest BCUT2D eigenvalue weighted by Gasteiger charge is 2.35. The van der Waals surface area contributed by atoms with E-state index in [2.05, 4.69) is 4.98 Å². The van der Waals surface area contributed by atoms with E-state index >= 15 is 0 Å². The van der Waals surface area contributed by atoms with Crippen LogP contribution in [0.5, 0.6) is 0 Å². The van der Waals surface area contributed by atoms with E-state index < -0.39 is 24.1 Å². The number of rotatable bonds is 2. The number of nitrogen functional groups attached to an aromatic ring is 1. The molecule has 8 heteroatoms. The number of aliphatic hydroxyl groups excluding tert-OH is 2. The van der Waals surface area contributed by atoms with Gasteiger partial charge in [-0.1, -0.05) is 0 Å². The third-order valence-electron chi connectivity index (χ3n) is 2.63.